The second-order valence-corrected chi connectivity index (χ2v) is 7.40. The van der Waals surface area contributed by atoms with Crippen molar-refractivity contribution in [1.29, 1.82) is 5.26 Å². The number of anilines is 2. The van der Waals surface area contributed by atoms with Gasteiger partial charge in [-0.25, -0.2) is 9.89 Å². The zero-order valence-electron chi connectivity index (χ0n) is 18.1. The lowest BCUT2D eigenvalue weighted by molar-refractivity contribution is -0.138. The molecule has 14 heteroatoms. The van der Waals surface area contributed by atoms with Crippen molar-refractivity contribution >= 4 is 17.5 Å². The fourth-order valence-corrected chi connectivity index (χ4v) is 3.30. The van der Waals surface area contributed by atoms with E-state index in [0.29, 0.717) is 32.0 Å². The third-order valence-corrected chi connectivity index (χ3v) is 4.97. The number of amides is 2. The predicted octanol–water partition coefficient (Wildman–Crippen LogP) is 1.34. The zero-order valence-corrected chi connectivity index (χ0v) is 18.1. The van der Waals surface area contributed by atoms with Crippen molar-refractivity contribution in [3.05, 3.63) is 52.1 Å². The van der Waals surface area contributed by atoms with Crippen molar-refractivity contribution in [3.63, 3.8) is 0 Å². The van der Waals surface area contributed by atoms with E-state index in [-0.39, 0.29) is 18.3 Å². The summed E-state index contributed by atoms with van der Waals surface area (Å²) in [5.74, 6) is 0.632. The van der Waals surface area contributed by atoms with Crippen LogP contribution in [0.1, 0.15) is 18.2 Å². The van der Waals surface area contributed by atoms with Crippen LogP contribution in [0.15, 0.2) is 35.3 Å². The summed E-state index contributed by atoms with van der Waals surface area (Å²) in [5.41, 5.74) is -2.87. The molecule has 3 rings (SSSR count). The summed E-state index contributed by atoms with van der Waals surface area (Å²) < 4.78 is 39.3. The quantitative estimate of drug-likeness (QED) is 0.529. The molecule has 1 fully saturated rings. The number of alkyl halides is 3. The van der Waals surface area contributed by atoms with E-state index in [0.717, 1.165) is 6.20 Å². The van der Waals surface area contributed by atoms with Crippen LogP contribution in [0.2, 0.25) is 0 Å². The molecular formula is C20H22F3N9O2. The van der Waals surface area contributed by atoms with Crippen LogP contribution in [0.4, 0.5) is 29.5 Å². The van der Waals surface area contributed by atoms with Crippen molar-refractivity contribution < 1.29 is 18.0 Å². The molecule has 34 heavy (non-hydrogen) atoms. The molecule has 0 aromatic carbocycles. The maximum absolute atomic E-state index is 13.1. The number of urea groups is 1. The summed E-state index contributed by atoms with van der Waals surface area (Å²) in [6.45, 7) is 3.81. The van der Waals surface area contributed by atoms with Gasteiger partial charge in [0.2, 0.25) is 0 Å². The number of aromatic nitrogens is 4. The topological polar surface area (TPSA) is 143 Å². The van der Waals surface area contributed by atoms with Crippen LogP contribution in [-0.2, 0) is 6.18 Å². The molecule has 0 spiro atoms. The molecule has 3 heterocycles. The monoisotopic (exact) mass is 477 g/mol. The zero-order chi connectivity index (χ0) is 24.7. The molecule has 0 saturated carbocycles. The molecule has 1 atom stereocenters. The normalized spacial score (nSPS) is 15.1. The first kappa shape index (κ1) is 24.5. The van der Waals surface area contributed by atoms with E-state index in [1.54, 1.807) is 41.2 Å². The number of piperazine rings is 1. The minimum absolute atomic E-state index is 0.173. The maximum atomic E-state index is 13.1. The lowest BCUT2D eigenvalue weighted by atomic mass is 10.2. The fourth-order valence-electron chi connectivity index (χ4n) is 3.30. The van der Waals surface area contributed by atoms with E-state index in [1.165, 1.54) is 0 Å². The standard InChI is InChI=1S/C20H22F3N9O2/c1-13(27-15-12-26-30-18(33)17(15)20(21,22)23)3-2-6-25-19(34)32-9-7-31(8-10-32)16-5-4-14(11-24)28-29-16/h2-5,12-13H,6-10H2,1H3,(H,25,34)(H2,27,30,33)/b3-2+/t13-/m0/s1. The van der Waals surface area contributed by atoms with E-state index >= 15 is 0 Å². The number of rotatable bonds is 6. The number of nitrogens with zero attached hydrogens (tertiary/aromatic N) is 6. The lowest BCUT2D eigenvalue weighted by Crippen LogP contribution is -2.52. The van der Waals surface area contributed by atoms with Gasteiger partial charge in [0.25, 0.3) is 5.56 Å². The Hall–Kier alpha value is -4.15. The van der Waals surface area contributed by atoms with Gasteiger partial charge in [-0.3, -0.25) is 4.79 Å². The highest BCUT2D eigenvalue weighted by molar-refractivity contribution is 5.74. The van der Waals surface area contributed by atoms with Gasteiger partial charge in [0, 0.05) is 38.8 Å². The average Bonchev–Trinajstić information content (AvgIpc) is 2.81. The van der Waals surface area contributed by atoms with Crippen LogP contribution in [0.3, 0.4) is 0 Å². The first-order valence-electron chi connectivity index (χ1n) is 10.3. The molecular weight excluding hydrogens is 455 g/mol. The number of carbonyl (C=O) groups is 1. The van der Waals surface area contributed by atoms with Gasteiger partial charge >= 0.3 is 12.2 Å². The molecule has 1 saturated heterocycles. The van der Waals surface area contributed by atoms with Crippen LogP contribution in [0.25, 0.3) is 0 Å². The molecule has 11 nitrogen and oxygen atoms in total. The van der Waals surface area contributed by atoms with Gasteiger partial charge in [-0.2, -0.15) is 23.5 Å². The molecule has 180 valence electrons. The molecule has 1 aliphatic heterocycles. The Morgan fingerprint density at radius 3 is 2.65 bits per heavy atom. The maximum Gasteiger partial charge on any atom is 0.423 e. The fraction of sp³-hybridized carbons (Fsp3) is 0.400. The number of hydrogen-bond acceptors (Lipinski definition) is 8. The van der Waals surface area contributed by atoms with Gasteiger partial charge in [-0.1, -0.05) is 12.2 Å². The van der Waals surface area contributed by atoms with Crippen LogP contribution in [0, 0.1) is 11.3 Å². The van der Waals surface area contributed by atoms with E-state index in [4.69, 9.17) is 5.26 Å². The minimum atomic E-state index is -4.83. The number of hydrogen-bond donors (Lipinski definition) is 3. The van der Waals surface area contributed by atoms with Gasteiger partial charge in [-0.15, -0.1) is 10.2 Å². The molecule has 1 aliphatic rings. The van der Waals surface area contributed by atoms with Crippen LogP contribution in [0.5, 0.6) is 0 Å². The number of nitriles is 1. The van der Waals surface area contributed by atoms with Gasteiger partial charge < -0.3 is 20.4 Å². The molecule has 2 aromatic heterocycles. The van der Waals surface area contributed by atoms with Crippen molar-refractivity contribution in [2.45, 2.75) is 19.1 Å². The van der Waals surface area contributed by atoms with E-state index < -0.39 is 29.0 Å². The van der Waals surface area contributed by atoms with Gasteiger partial charge in [0.05, 0.1) is 11.9 Å². The number of carbonyl (C=O) groups excluding carboxylic acids is 1. The third-order valence-electron chi connectivity index (χ3n) is 4.97. The van der Waals surface area contributed by atoms with Crippen molar-refractivity contribution in [2.24, 2.45) is 0 Å². The molecule has 2 aromatic rings. The Morgan fingerprint density at radius 1 is 1.29 bits per heavy atom. The lowest BCUT2D eigenvalue weighted by Gasteiger charge is -2.35. The van der Waals surface area contributed by atoms with Crippen LogP contribution < -0.4 is 21.1 Å². The molecule has 0 radical (unpaired) electrons. The van der Waals surface area contributed by atoms with Gasteiger partial charge in [0.1, 0.15) is 11.6 Å². The number of H-pyrrole nitrogens is 1. The van der Waals surface area contributed by atoms with E-state index in [9.17, 15) is 22.8 Å². The minimum Gasteiger partial charge on any atom is -0.377 e. The number of nitrogens with one attached hydrogen (secondary N) is 3. The smallest absolute Gasteiger partial charge is 0.377 e. The van der Waals surface area contributed by atoms with Crippen LogP contribution >= 0.6 is 0 Å². The summed E-state index contributed by atoms with van der Waals surface area (Å²) >= 11 is 0. The summed E-state index contributed by atoms with van der Waals surface area (Å²) in [7, 11) is 0. The largest absolute Gasteiger partial charge is 0.423 e. The Morgan fingerprint density at radius 2 is 2.03 bits per heavy atom. The molecule has 0 aliphatic carbocycles. The Labute approximate surface area is 192 Å². The summed E-state index contributed by atoms with van der Waals surface area (Å²) in [4.78, 5) is 27.5. The Bertz CT molecular complexity index is 1120. The highest BCUT2D eigenvalue weighted by Gasteiger charge is 2.37. The van der Waals surface area contributed by atoms with E-state index in [2.05, 4.69) is 25.9 Å². The Balaban J connectivity index is 1.45. The van der Waals surface area contributed by atoms with Crippen molar-refractivity contribution in [1.82, 2.24) is 30.6 Å². The van der Waals surface area contributed by atoms with Gasteiger partial charge in [-0.05, 0) is 19.1 Å². The van der Waals surface area contributed by atoms with Crippen molar-refractivity contribution in [3.8, 4) is 6.07 Å². The second-order valence-electron chi connectivity index (χ2n) is 7.40. The van der Waals surface area contributed by atoms with Gasteiger partial charge in [0.15, 0.2) is 11.5 Å². The highest BCUT2D eigenvalue weighted by atomic mass is 19.4. The number of halogens is 3. The summed E-state index contributed by atoms with van der Waals surface area (Å²) in [6, 6.07) is 4.37. The second kappa shape index (κ2) is 10.6. The number of aromatic amines is 1. The first-order valence-corrected chi connectivity index (χ1v) is 10.3. The Kier molecular flexibility index (Phi) is 7.67. The summed E-state index contributed by atoms with van der Waals surface area (Å²) in [5, 5.41) is 27.1. The predicted molar refractivity (Wildman–Crippen MR) is 116 cm³/mol. The third kappa shape index (κ3) is 6.21. The van der Waals surface area contributed by atoms with Crippen molar-refractivity contribution in [2.75, 3.05) is 42.9 Å². The highest BCUT2D eigenvalue weighted by Crippen LogP contribution is 2.31. The van der Waals surface area contributed by atoms with E-state index in [1.807, 2.05) is 11.0 Å². The summed E-state index contributed by atoms with van der Waals surface area (Å²) in [6.07, 6.45) is -0.748. The average molecular weight is 477 g/mol. The first-order chi connectivity index (χ1) is 16.2. The molecule has 0 unspecified atom stereocenters. The molecule has 2 amide bonds. The SMILES string of the molecule is C[C@@H](/C=C/CNC(=O)N1CCN(c2ccc(C#N)nn2)CC1)Nc1cn[nH]c(=O)c1C(F)(F)F. The van der Waals surface area contributed by atoms with Crippen LogP contribution in [-0.4, -0.2) is 70.1 Å². The molecule has 0 bridgehead atoms. The molecule has 3 N–H and O–H groups in total.